The fourth-order valence-electron chi connectivity index (χ4n) is 0.979. The van der Waals surface area contributed by atoms with Crippen LogP contribution in [0.4, 0.5) is 52.7 Å². The van der Waals surface area contributed by atoms with E-state index in [1.54, 1.807) is 0 Å². The molecule has 0 amide bonds. The van der Waals surface area contributed by atoms with Crippen LogP contribution in [0.25, 0.3) is 0 Å². The highest BCUT2D eigenvalue weighted by atomic mass is 32.2. The Morgan fingerprint density at radius 3 is 0.750 bits per heavy atom. The lowest BCUT2D eigenvalue weighted by Crippen LogP contribution is -2.71. The van der Waals surface area contributed by atoms with Gasteiger partial charge in [-0.2, -0.15) is 52.7 Å². The first-order valence-corrected chi connectivity index (χ1v) is 6.84. The minimum absolute atomic E-state index is 5.32. The lowest BCUT2D eigenvalue weighted by Gasteiger charge is -2.39. The summed E-state index contributed by atoms with van der Waals surface area (Å²) in [6, 6.07) is 0. The Labute approximate surface area is 127 Å². The zero-order valence-corrected chi connectivity index (χ0v) is 11.7. The Morgan fingerprint density at radius 2 is 0.625 bits per heavy atom. The first kappa shape index (κ1) is 23.4. The fraction of sp³-hybridized carbons (Fsp3) is 1.00. The summed E-state index contributed by atoms with van der Waals surface area (Å²) in [5.74, 6) is -31.6. The van der Waals surface area contributed by atoms with Gasteiger partial charge in [0.25, 0.3) is 0 Å². The van der Waals surface area contributed by atoms with Crippen LogP contribution in [0, 0.1) is 0 Å². The molecule has 4 nitrogen and oxygen atoms in total. The van der Waals surface area contributed by atoms with E-state index >= 15 is 0 Å². The van der Waals surface area contributed by atoms with Gasteiger partial charge < -0.3 is 9.11 Å². The second kappa shape index (κ2) is 5.97. The first-order valence-electron chi connectivity index (χ1n) is 4.62. The molecule has 0 aliphatic carbocycles. The minimum Gasteiger partial charge on any atom is -0.301 e. The van der Waals surface area contributed by atoms with Crippen molar-refractivity contribution in [2.75, 3.05) is 0 Å². The van der Waals surface area contributed by atoms with Crippen molar-refractivity contribution in [2.45, 2.75) is 34.2 Å². The van der Waals surface area contributed by atoms with E-state index < -0.39 is 56.4 Å². The highest BCUT2D eigenvalue weighted by molar-refractivity contribution is 7.80. The van der Waals surface area contributed by atoms with Crippen molar-refractivity contribution in [1.29, 1.82) is 0 Å². The molecule has 0 spiro atoms. The number of alkyl halides is 12. The largest absolute Gasteiger partial charge is 0.413 e. The molecule has 2 unspecified atom stereocenters. The quantitative estimate of drug-likeness (QED) is 0.481. The molecule has 0 saturated heterocycles. The molecule has 2 atom stereocenters. The molecule has 0 aromatic rings. The van der Waals surface area contributed by atoms with Gasteiger partial charge in [0, 0.05) is 0 Å². The molecule has 18 heteroatoms. The van der Waals surface area contributed by atoms with Crippen molar-refractivity contribution >= 4 is 22.2 Å². The van der Waals surface area contributed by atoms with Gasteiger partial charge in [0.05, 0.1) is 0 Å². The second-order valence-electron chi connectivity index (χ2n) is 3.83. The second-order valence-corrected chi connectivity index (χ2v) is 5.85. The summed E-state index contributed by atoms with van der Waals surface area (Å²) in [5.41, 5.74) is 0. The molecule has 0 heterocycles. The summed E-state index contributed by atoms with van der Waals surface area (Å²) >= 11 is -10.6. The maximum atomic E-state index is 12.9. The van der Waals surface area contributed by atoms with E-state index in [9.17, 15) is 61.1 Å². The smallest absolute Gasteiger partial charge is 0.301 e. The monoisotopic (exact) mass is 430 g/mol. The van der Waals surface area contributed by atoms with Gasteiger partial charge in [0.15, 0.2) is 0 Å². The van der Waals surface area contributed by atoms with E-state index in [2.05, 4.69) is 0 Å². The molecule has 0 aromatic carbocycles. The van der Waals surface area contributed by atoms with Gasteiger partial charge in [-0.05, 0) is 0 Å². The van der Waals surface area contributed by atoms with Crippen LogP contribution in [0.3, 0.4) is 0 Å². The van der Waals surface area contributed by atoms with Crippen molar-refractivity contribution in [1.82, 2.24) is 0 Å². The molecule has 0 fully saturated rings. The fourth-order valence-corrected chi connectivity index (χ4v) is 1.67. The summed E-state index contributed by atoms with van der Waals surface area (Å²) in [4.78, 5) is 0. The molecule has 0 radical (unpaired) electrons. The van der Waals surface area contributed by atoms with Crippen molar-refractivity contribution in [3.8, 4) is 0 Å². The molecule has 146 valence electrons. The van der Waals surface area contributed by atoms with Gasteiger partial charge in [0.2, 0.25) is 22.2 Å². The Hall–Kier alpha value is -0.620. The van der Waals surface area contributed by atoms with Crippen LogP contribution in [0.1, 0.15) is 0 Å². The average Bonchev–Trinajstić information content (AvgIpc) is 2.36. The Bertz CT molecular complexity index is 498. The Morgan fingerprint density at radius 1 is 0.458 bits per heavy atom. The van der Waals surface area contributed by atoms with Crippen LogP contribution in [-0.4, -0.2) is 51.7 Å². The molecule has 0 rings (SSSR count). The lowest BCUT2D eigenvalue weighted by atomic mass is 9.98. The molecule has 0 saturated carbocycles. The standard InChI is InChI=1S/C6H2F12O4S2/c7-1(8,3(11,12)5(15,16)23(19)20)2(9,10)4(13,14)6(17,18)24(21)22/h(H,19,20)(H,21,22). The van der Waals surface area contributed by atoms with E-state index in [0.29, 0.717) is 0 Å². The van der Waals surface area contributed by atoms with E-state index in [0.717, 1.165) is 0 Å². The Balaban J connectivity index is 6.48. The third-order valence-electron chi connectivity index (χ3n) is 2.35. The predicted molar refractivity (Wildman–Crippen MR) is 51.2 cm³/mol. The van der Waals surface area contributed by atoms with Crippen LogP contribution in [0.15, 0.2) is 0 Å². The molecule has 0 bridgehead atoms. The first-order chi connectivity index (χ1) is 10.1. The summed E-state index contributed by atoms with van der Waals surface area (Å²) in [6.07, 6.45) is 0. The topological polar surface area (TPSA) is 74.6 Å². The van der Waals surface area contributed by atoms with Crippen LogP contribution >= 0.6 is 0 Å². The van der Waals surface area contributed by atoms with Gasteiger partial charge >= 0.3 is 34.2 Å². The Kier molecular flexibility index (Phi) is 5.82. The molecule has 24 heavy (non-hydrogen) atoms. The predicted octanol–water partition coefficient (Wildman–Crippen LogP) is 3.16. The van der Waals surface area contributed by atoms with Crippen LogP contribution in [0.2, 0.25) is 0 Å². The summed E-state index contributed by atoms with van der Waals surface area (Å²) in [7, 11) is 0. The molecule has 0 aliphatic heterocycles. The van der Waals surface area contributed by atoms with Gasteiger partial charge in [-0.25, -0.2) is 8.42 Å². The van der Waals surface area contributed by atoms with E-state index in [4.69, 9.17) is 9.11 Å². The van der Waals surface area contributed by atoms with Crippen LogP contribution < -0.4 is 0 Å². The number of halogens is 12. The van der Waals surface area contributed by atoms with Crippen molar-refractivity contribution in [3.63, 3.8) is 0 Å². The normalized spacial score (nSPS) is 18.4. The number of hydrogen-bond donors (Lipinski definition) is 2. The molecular formula is C6H2F12O4S2. The minimum atomic E-state index is -8.06. The van der Waals surface area contributed by atoms with Crippen LogP contribution in [-0.2, 0) is 22.2 Å². The lowest BCUT2D eigenvalue weighted by molar-refractivity contribution is -0.407. The highest BCUT2D eigenvalue weighted by Gasteiger charge is 2.92. The number of hydrogen-bond acceptors (Lipinski definition) is 2. The SMILES string of the molecule is O=S(O)C(F)(F)C(F)(F)C(F)(F)C(F)(F)C(F)(F)C(F)(F)S(=O)O. The van der Waals surface area contributed by atoms with E-state index in [1.807, 2.05) is 0 Å². The maximum Gasteiger partial charge on any atom is 0.413 e. The highest BCUT2D eigenvalue weighted by Crippen LogP contribution is 2.60. The molecule has 0 aliphatic rings. The molecule has 2 N–H and O–H groups in total. The number of rotatable bonds is 7. The molecular weight excluding hydrogens is 428 g/mol. The van der Waals surface area contributed by atoms with Crippen molar-refractivity contribution in [3.05, 3.63) is 0 Å². The average molecular weight is 430 g/mol. The summed E-state index contributed by atoms with van der Waals surface area (Å²) in [5, 5.41) is -14.0. The zero-order valence-electron chi connectivity index (χ0n) is 10.1. The van der Waals surface area contributed by atoms with E-state index in [1.165, 1.54) is 0 Å². The van der Waals surface area contributed by atoms with E-state index in [-0.39, 0.29) is 0 Å². The summed E-state index contributed by atoms with van der Waals surface area (Å²) < 4.78 is 188. The van der Waals surface area contributed by atoms with Gasteiger partial charge in [-0.3, -0.25) is 0 Å². The summed E-state index contributed by atoms with van der Waals surface area (Å²) in [6.45, 7) is 0. The third kappa shape index (κ3) is 2.79. The van der Waals surface area contributed by atoms with Crippen molar-refractivity contribution in [2.24, 2.45) is 0 Å². The van der Waals surface area contributed by atoms with Crippen LogP contribution in [0.5, 0.6) is 0 Å². The van der Waals surface area contributed by atoms with Gasteiger partial charge in [-0.1, -0.05) is 0 Å². The maximum absolute atomic E-state index is 12.9. The molecule has 0 aromatic heterocycles. The zero-order chi connectivity index (χ0) is 20.2. The van der Waals surface area contributed by atoms with Gasteiger partial charge in [0.1, 0.15) is 0 Å². The van der Waals surface area contributed by atoms with Gasteiger partial charge in [-0.15, -0.1) is 0 Å². The van der Waals surface area contributed by atoms with Crippen molar-refractivity contribution < 1.29 is 70.2 Å². The third-order valence-corrected chi connectivity index (χ3v) is 3.74.